The molecule has 16 nitrogen and oxygen atoms in total. The van der Waals surface area contributed by atoms with Crippen molar-refractivity contribution in [2.24, 2.45) is 0 Å². The average Bonchev–Trinajstić information content (AvgIpc) is 2.94. The zero-order chi connectivity index (χ0) is 30.5. The molecule has 5 rings (SSSR count). The van der Waals surface area contributed by atoms with E-state index in [2.05, 4.69) is 0 Å². The Morgan fingerprint density at radius 1 is 0.786 bits per heavy atom. The Hall–Kier alpha value is -3.71. The van der Waals surface area contributed by atoms with Gasteiger partial charge >= 0.3 is 0 Å². The summed E-state index contributed by atoms with van der Waals surface area (Å²) in [7, 11) is 0. The van der Waals surface area contributed by atoms with Crippen LogP contribution in [0.4, 0.5) is 0 Å². The van der Waals surface area contributed by atoms with Crippen LogP contribution in [0.2, 0.25) is 0 Å². The summed E-state index contributed by atoms with van der Waals surface area (Å²) in [5.74, 6) is -3.33. The standard InChI is InChI=1S/C26H28O16/c27-9-4-12(30)16-14(5-9)40-23(8-1-2-10(28)11(29)3-8)24(19(16)34)42-26-22(37)20(35)18(33)15(41-26)7-39-25-21(36)17(32)13(31)6-38-25/h1-5,13,15,17-18,20-22,25-33,35-37H,6-7H2/t13-,15+,17+,18+,20-,21-,22+,25+,26-/m0/s1. The normalized spacial score (nSPS) is 31.7. The summed E-state index contributed by atoms with van der Waals surface area (Å²) >= 11 is 0. The summed E-state index contributed by atoms with van der Waals surface area (Å²) in [6, 6.07) is 5.23. The van der Waals surface area contributed by atoms with Crippen molar-refractivity contribution in [2.45, 2.75) is 55.3 Å². The number of phenols is 4. The van der Waals surface area contributed by atoms with E-state index in [1.165, 1.54) is 6.07 Å². The fraction of sp³-hybridized carbons (Fsp3) is 0.423. The third kappa shape index (κ3) is 5.42. The first-order valence-electron chi connectivity index (χ1n) is 12.6. The molecule has 0 saturated carbocycles. The average molecular weight is 596 g/mol. The molecule has 10 N–H and O–H groups in total. The second-order valence-corrected chi connectivity index (χ2v) is 9.85. The summed E-state index contributed by atoms with van der Waals surface area (Å²) in [6.45, 7) is -0.970. The van der Waals surface area contributed by atoms with Gasteiger partial charge in [-0.15, -0.1) is 0 Å². The molecule has 0 aliphatic carbocycles. The largest absolute Gasteiger partial charge is 0.508 e. The number of benzene rings is 2. The summed E-state index contributed by atoms with van der Waals surface area (Å²) in [5.41, 5.74) is -1.35. The van der Waals surface area contributed by atoms with Crippen LogP contribution in [0, 0.1) is 0 Å². The second-order valence-electron chi connectivity index (χ2n) is 9.85. The number of aliphatic hydroxyl groups is 6. The van der Waals surface area contributed by atoms with Crippen molar-refractivity contribution >= 4 is 11.0 Å². The highest BCUT2D eigenvalue weighted by Gasteiger charge is 2.47. The van der Waals surface area contributed by atoms with Gasteiger partial charge in [0.25, 0.3) is 0 Å². The maximum atomic E-state index is 13.5. The number of rotatable bonds is 6. The van der Waals surface area contributed by atoms with Gasteiger partial charge in [-0.2, -0.15) is 0 Å². The third-order valence-corrected chi connectivity index (χ3v) is 6.94. The topological polar surface area (TPSA) is 269 Å². The van der Waals surface area contributed by atoms with Crippen molar-refractivity contribution in [2.75, 3.05) is 13.2 Å². The molecule has 3 aromatic rings. The van der Waals surface area contributed by atoms with E-state index < -0.39 is 107 Å². The van der Waals surface area contributed by atoms with Gasteiger partial charge in [0, 0.05) is 17.7 Å². The van der Waals surface area contributed by atoms with Crippen LogP contribution < -0.4 is 10.2 Å². The van der Waals surface area contributed by atoms with Crippen molar-refractivity contribution in [3.63, 3.8) is 0 Å². The SMILES string of the molecule is O=c1c(O[C@@H]2O[C@H](CO[C@H]3OC[C@H](O)[C@@H](O)[C@@H]3O)[C@@H](O)[C@H](O)[C@H]2O)c(-c2ccc(O)c(O)c2)oc2cc(O)cc(O)c12. The summed E-state index contributed by atoms with van der Waals surface area (Å²) in [4.78, 5) is 13.5. The van der Waals surface area contributed by atoms with Gasteiger partial charge in [-0.25, -0.2) is 0 Å². The van der Waals surface area contributed by atoms with Gasteiger partial charge in [0.05, 0.1) is 13.2 Å². The Morgan fingerprint density at radius 2 is 1.50 bits per heavy atom. The highest BCUT2D eigenvalue weighted by Crippen LogP contribution is 2.39. The quantitative estimate of drug-likeness (QED) is 0.137. The van der Waals surface area contributed by atoms with Gasteiger partial charge in [-0.3, -0.25) is 4.79 Å². The minimum absolute atomic E-state index is 0.0305. The van der Waals surface area contributed by atoms with Crippen molar-refractivity contribution in [3.05, 3.63) is 40.6 Å². The van der Waals surface area contributed by atoms with E-state index in [0.29, 0.717) is 0 Å². The molecule has 16 heteroatoms. The van der Waals surface area contributed by atoms with E-state index in [9.17, 15) is 55.9 Å². The maximum absolute atomic E-state index is 13.5. The monoisotopic (exact) mass is 596 g/mol. The van der Waals surface area contributed by atoms with Gasteiger partial charge in [0.2, 0.25) is 17.5 Å². The van der Waals surface area contributed by atoms with Gasteiger partial charge in [-0.1, -0.05) is 0 Å². The van der Waals surface area contributed by atoms with Crippen molar-refractivity contribution in [3.8, 4) is 40.1 Å². The second kappa shape index (κ2) is 11.5. The molecular formula is C26H28O16. The molecule has 2 saturated heterocycles. The van der Waals surface area contributed by atoms with E-state index in [-0.39, 0.29) is 17.8 Å². The zero-order valence-corrected chi connectivity index (χ0v) is 21.4. The first-order valence-corrected chi connectivity index (χ1v) is 12.6. The molecule has 2 aromatic carbocycles. The van der Waals surface area contributed by atoms with Crippen LogP contribution >= 0.6 is 0 Å². The predicted octanol–water partition coefficient (Wildman–Crippen LogP) is -2.08. The van der Waals surface area contributed by atoms with Gasteiger partial charge in [0.1, 0.15) is 65.2 Å². The Balaban J connectivity index is 1.48. The smallest absolute Gasteiger partial charge is 0.239 e. The molecule has 3 heterocycles. The van der Waals surface area contributed by atoms with Crippen molar-refractivity contribution in [1.29, 1.82) is 0 Å². The van der Waals surface area contributed by atoms with Crippen LogP contribution in [0.3, 0.4) is 0 Å². The van der Waals surface area contributed by atoms with Gasteiger partial charge in [0.15, 0.2) is 23.5 Å². The molecule has 42 heavy (non-hydrogen) atoms. The van der Waals surface area contributed by atoms with Crippen LogP contribution in [0.1, 0.15) is 0 Å². The van der Waals surface area contributed by atoms with Crippen molar-refractivity contribution in [1.82, 2.24) is 0 Å². The minimum atomic E-state index is -1.96. The highest BCUT2D eigenvalue weighted by atomic mass is 16.7. The van der Waals surface area contributed by atoms with Crippen LogP contribution in [0.15, 0.2) is 39.5 Å². The molecule has 0 radical (unpaired) electrons. The maximum Gasteiger partial charge on any atom is 0.239 e. The number of phenolic OH excluding ortho intramolecular Hbond substituents is 4. The molecule has 0 unspecified atom stereocenters. The number of aliphatic hydroxyl groups excluding tert-OH is 6. The molecule has 2 fully saturated rings. The molecule has 2 aliphatic rings. The third-order valence-electron chi connectivity index (χ3n) is 6.94. The fourth-order valence-corrected chi connectivity index (χ4v) is 4.61. The lowest BCUT2D eigenvalue weighted by Gasteiger charge is -2.41. The van der Waals surface area contributed by atoms with E-state index in [1.54, 1.807) is 0 Å². The fourth-order valence-electron chi connectivity index (χ4n) is 4.61. The Labute approximate surface area is 235 Å². The van der Waals surface area contributed by atoms with Gasteiger partial charge < -0.3 is 74.4 Å². The number of fused-ring (bicyclic) bond motifs is 1. The zero-order valence-electron chi connectivity index (χ0n) is 21.4. The van der Waals surface area contributed by atoms with Crippen LogP contribution in [-0.4, -0.2) is 120 Å². The summed E-state index contributed by atoms with van der Waals surface area (Å²) in [6.07, 6.45) is -15.1. The van der Waals surface area contributed by atoms with Crippen LogP contribution in [0.25, 0.3) is 22.3 Å². The van der Waals surface area contributed by atoms with E-state index >= 15 is 0 Å². The Bertz CT molecular complexity index is 1510. The van der Waals surface area contributed by atoms with E-state index in [4.69, 9.17) is 23.4 Å². The lowest BCUT2D eigenvalue weighted by Crippen LogP contribution is -2.61. The number of ether oxygens (including phenoxy) is 4. The van der Waals surface area contributed by atoms with Crippen LogP contribution in [0.5, 0.6) is 28.7 Å². The minimum Gasteiger partial charge on any atom is -0.508 e. The lowest BCUT2D eigenvalue weighted by molar-refractivity contribution is -0.307. The number of aromatic hydroxyl groups is 4. The van der Waals surface area contributed by atoms with E-state index in [0.717, 1.165) is 24.3 Å². The predicted molar refractivity (Wildman–Crippen MR) is 136 cm³/mol. The van der Waals surface area contributed by atoms with Gasteiger partial charge in [-0.05, 0) is 18.2 Å². The molecule has 9 atom stereocenters. The first kappa shape index (κ1) is 29.8. The molecule has 2 aliphatic heterocycles. The number of hydrogen-bond donors (Lipinski definition) is 10. The molecule has 0 spiro atoms. The van der Waals surface area contributed by atoms with Crippen molar-refractivity contribution < 1.29 is 74.4 Å². The molecular weight excluding hydrogens is 568 g/mol. The lowest BCUT2D eigenvalue weighted by atomic mass is 9.99. The molecule has 0 bridgehead atoms. The molecule has 228 valence electrons. The summed E-state index contributed by atoms with van der Waals surface area (Å²) in [5, 5.41) is 101. The molecule has 0 amide bonds. The number of hydrogen-bond acceptors (Lipinski definition) is 16. The van der Waals surface area contributed by atoms with Crippen LogP contribution in [-0.2, 0) is 14.2 Å². The Morgan fingerprint density at radius 3 is 2.21 bits per heavy atom. The highest BCUT2D eigenvalue weighted by molar-refractivity contribution is 5.88. The van der Waals surface area contributed by atoms with E-state index in [1.807, 2.05) is 0 Å². The summed E-state index contributed by atoms with van der Waals surface area (Å²) < 4.78 is 27.5. The molecule has 1 aromatic heterocycles. The first-order chi connectivity index (χ1) is 19.9. The Kier molecular flexibility index (Phi) is 8.17.